The van der Waals surface area contributed by atoms with Gasteiger partial charge in [-0.25, -0.2) is 0 Å². The molecule has 0 saturated heterocycles. The second-order valence-corrected chi connectivity index (χ2v) is 7.36. The Hall–Kier alpha value is -2.71. The highest BCUT2D eigenvalue weighted by molar-refractivity contribution is 5.60. The topological polar surface area (TPSA) is 29.1 Å². The Labute approximate surface area is 162 Å². The van der Waals surface area contributed by atoms with Gasteiger partial charge in [-0.1, -0.05) is 105 Å². The molecule has 3 aromatic carbocycles. The third-order valence-corrected chi connectivity index (χ3v) is 4.91. The van der Waals surface area contributed by atoms with E-state index >= 15 is 0 Å². The van der Waals surface area contributed by atoms with E-state index in [1.54, 1.807) is 0 Å². The van der Waals surface area contributed by atoms with Crippen LogP contribution in [0.5, 0.6) is 0 Å². The van der Waals surface area contributed by atoms with Gasteiger partial charge in [0.1, 0.15) is 6.29 Å². The molecule has 1 atom stereocenters. The molecule has 0 spiro atoms. The van der Waals surface area contributed by atoms with Gasteiger partial charge in [-0.15, -0.1) is 0 Å². The molecule has 138 valence electrons. The van der Waals surface area contributed by atoms with E-state index in [-0.39, 0.29) is 6.04 Å². The molecular formula is C25H27NO. The van der Waals surface area contributed by atoms with Gasteiger partial charge in [0.05, 0.1) is 11.6 Å². The summed E-state index contributed by atoms with van der Waals surface area (Å²) in [4.78, 5) is 11.9. The fourth-order valence-electron chi connectivity index (χ4n) is 3.75. The van der Waals surface area contributed by atoms with Crippen LogP contribution in [0.25, 0.3) is 0 Å². The summed E-state index contributed by atoms with van der Waals surface area (Å²) in [5, 5.41) is 3.73. The molecule has 0 aliphatic carbocycles. The van der Waals surface area contributed by atoms with Crippen molar-refractivity contribution >= 4 is 6.29 Å². The summed E-state index contributed by atoms with van der Waals surface area (Å²) in [7, 11) is 0. The van der Waals surface area contributed by atoms with Crippen LogP contribution in [0.2, 0.25) is 0 Å². The van der Waals surface area contributed by atoms with Crippen molar-refractivity contribution in [1.29, 1.82) is 0 Å². The van der Waals surface area contributed by atoms with Gasteiger partial charge < -0.3 is 4.79 Å². The summed E-state index contributed by atoms with van der Waals surface area (Å²) in [5.74, 6) is 0.424. The van der Waals surface area contributed by atoms with Gasteiger partial charge >= 0.3 is 0 Å². The van der Waals surface area contributed by atoms with Crippen molar-refractivity contribution in [2.75, 3.05) is 0 Å². The molecule has 0 fully saturated rings. The molecule has 0 unspecified atom stereocenters. The van der Waals surface area contributed by atoms with E-state index in [1.165, 1.54) is 0 Å². The van der Waals surface area contributed by atoms with Crippen molar-refractivity contribution in [3.8, 4) is 0 Å². The van der Waals surface area contributed by atoms with Gasteiger partial charge in [0.2, 0.25) is 0 Å². The number of benzene rings is 3. The number of hydrogen-bond donors (Lipinski definition) is 1. The number of rotatable bonds is 8. The highest BCUT2D eigenvalue weighted by Crippen LogP contribution is 2.37. The largest absolute Gasteiger partial charge is 0.302 e. The third kappa shape index (κ3) is 4.17. The first-order valence-electron chi connectivity index (χ1n) is 9.56. The number of aldehydes is 1. The van der Waals surface area contributed by atoms with Crippen LogP contribution < -0.4 is 5.32 Å². The van der Waals surface area contributed by atoms with Crippen LogP contribution in [0.4, 0.5) is 0 Å². The molecule has 0 amide bonds. The second-order valence-electron chi connectivity index (χ2n) is 7.36. The number of nitrogens with one attached hydrogen (secondary N) is 1. The summed E-state index contributed by atoms with van der Waals surface area (Å²) in [5.41, 5.74) is 2.78. The Morgan fingerprint density at radius 3 is 1.41 bits per heavy atom. The standard InChI is InChI=1S/C25H27NO/c1-20(2)18-24(19-27)26-25(21-12-6-3-7-13-21,22-14-8-4-9-15-22)23-16-10-5-11-17-23/h3-17,19-20,24,26H,18H2,1-2H3/t24-/m0/s1. The third-order valence-electron chi connectivity index (χ3n) is 4.91. The van der Waals surface area contributed by atoms with Gasteiger partial charge in [-0.05, 0) is 29.0 Å². The molecule has 27 heavy (non-hydrogen) atoms. The molecule has 0 aromatic heterocycles. The average Bonchev–Trinajstić information content (AvgIpc) is 2.73. The van der Waals surface area contributed by atoms with Crippen molar-refractivity contribution < 1.29 is 4.79 Å². The molecule has 2 nitrogen and oxygen atoms in total. The van der Waals surface area contributed by atoms with Gasteiger partial charge in [0.15, 0.2) is 0 Å². The molecule has 0 aliphatic rings. The zero-order chi connectivity index (χ0) is 19.1. The summed E-state index contributed by atoms with van der Waals surface area (Å²) >= 11 is 0. The molecule has 0 heterocycles. The van der Waals surface area contributed by atoms with E-state index in [1.807, 2.05) is 18.2 Å². The Bertz CT molecular complexity index is 731. The molecule has 3 rings (SSSR count). The molecule has 0 saturated carbocycles. The van der Waals surface area contributed by atoms with Crippen LogP contribution in [0.1, 0.15) is 37.0 Å². The quantitative estimate of drug-likeness (QED) is 0.444. The molecule has 0 aliphatic heterocycles. The Balaban J connectivity index is 2.24. The average molecular weight is 357 g/mol. The minimum atomic E-state index is -0.593. The minimum Gasteiger partial charge on any atom is -0.302 e. The molecular weight excluding hydrogens is 330 g/mol. The first-order chi connectivity index (χ1) is 13.2. The minimum absolute atomic E-state index is 0.245. The van der Waals surface area contributed by atoms with Crippen molar-refractivity contribution in [2.45, 2.75) is 31.8 Å². The summed E-state index contributed by atoms with van der Waals surface area (Å²) in [6.45, 7) is 4.29. The maximum absolute atomic E-state index is 11.9. The summed E-state index contributed by atoms with van der Waals surface area (Å²) in [6, 6.07) is 30.9. The predicted octanol–water partition coefficient (Wildman–Crippen LogP) is 5.18. The fourth-order valence-corrected chi connectivity index (χ4v) is 3.75. The molecule has 3 aromatic rings. The normalized spacial score (nSPS) is 12.7. The van der Waals surface area contributed by atoms with Crippen molar-refractivity contribution in [2.24, 2.45) is 5.92 Å². The number of carbonyl (C=O) groups is 1. The molecule has 0 bridgehead atoms. The summed E-state index contributed by atoms with van der Waals surface area (Å²) in [6.07, 6.45) is 1.83. The first-order valence-corrected chi connectivity index (χ1v) is 9.56. The van der Waals surface area contributed by atoms with Gasteiger partial charge in [0, 0.05) is 0 Å². The van der Waals surface area contributed by atoms with Gasteiger partial charge in [-0.3, -0.25) is 5.32 Å². The zero-order valence-electron chi connectivity index (χ0n) is 16.0. The van der Waals surface area contributed by atoms with E-state index in [2.05, 4.69) is 92.0 Å². The first kappa shape index (κ1) is 19.1. The van der Waals surface area contributed by atoms with Gasteiger partial charge in [0.25, 0.3) is 0 Å². The maximum atomic E-state index is 11.9. The second kappa shape index (κ2) is 8.79. The van der Waals surface area contributed by atoms with Crippen LogP contribution in [-0.4, -0.2) is 12.3 Å². The lowest BCUT2D eigenvalue weighted by Crippen LogP contribution is -2.50. The van der Waals surface area contributed by atoms with Crippen molar-refractivity contribution in [1.82, 2.24) is 5.32 Å². The van der Waals surface area contributed by atoms with Crippen LogP contribution in [-0.2, 0) is 10.3 Å². The van der Waals surface area contributed by atoms with E-state index in [4.69, 9.17) is 0 Å². The lowest BCUT2D eigenvalue weighted by molar-refractivity contribution is -0.110. The van der Waals surface area contributed by atoms with E-state index in [0.29, 0.717) is 5.92 Å². The molecule has 0 radical (unpaired) electrons. The van der Waals surface area contributed by atoms with Crippen molar-refractivity contribution in [3.63, 3.8) is 0 Å². The smallest absolute Gasteiger partial charge is 0.136 e. The predicted molar refractivity (Wildman–Crippen MR) is 112 cm³/mol. The van der Waals surface area contributed by atoms with Crippen LogP contribution in [0.15, 0.2) is 91.0 Å². The molecule has 2 heteroatoms. The lowest BCUT2D eigenvalue weighted by atomic mass is 9.76. The lowest BCUT2D eigenvalue weighted by Gasteiger charge is -2.39. The monoisotopic (exact) mass is 357 g/mol. The fraction of sp³-hybridized carbons (Fsp3) is 0.240. The highest BCUT2D eigenvalue weighted by atomic mass is 16.1. The Kier molecular flexibility index (Phi) is 6.20. The number of hydrogen-bond acceptors (Lipinski definition) is 2. The van der Waals surface area contributed by atoms with Crippen LogP contribution in [0.3, 0.4) is 0 Å². The Morgan fingerprint density at radius 1 is 0.741 bits per heavy atom. The van der Waals surface area contributed by atoms with Crippen LogP contribution in [0, 0.1) is 5.92 Å². The van der Waals surface area contributed by atoms with E-state index in [0.717, 1.165) is 29.4 Å². The molecule has 1 N–H and O–H groups in total. The zero-order valence-corrected chi connectivity index (χ0v) is 16.0. The highest BCUT2D eigenvalue weighted by Gasteiger charge is 2.38. The SMILES string of the molecule is CC(C)C[C@@H](C=O)NC(c1ccccc1)(c1ccccc1)c1ccccc1. The van der Waals surface area contributed by atoms with Crippen LogP contribution >= 0.6 is 0 Å². The van der Waals surface area contributed by atoms with Gasteiger partial charge in [-0.2, -0.15) is 0 Å². The maximum Gasteiger partial charge on any atom is 0.136 e. The Morgan fingerprint density at radius 2 is 1.11 bits per heavy atom. The summed E-state index contributed by atoms with van der Waals surface area (Å²) < 4.78 is 0. The van der Waals surface area contributed by atoms with E-state index < -0.39 is 5.54 Å². The van der Waals surface area contributed by atoms with Crippen molar-refractivity contribution in [3.05, 3.63) is 108 Å². The number of carbonyl (C=O) groups excluding carboxylic acids is 1. The van der Waals surface area contributed by atoms with E-state index in [9.17, 15) is 4.79 Å².